The summed E-state index contributed by atoms with van der Waals surface area (Å²) in [6.45, 7) is 6.90. The molecule has 2 N–H and O–H groups in total. The summed E-state index contributed by atoms with van der Waals surface area (Å²) in [5.41, 5.74) is -0.105. The van der Waals surface area contributed by atoms with Crippen molar-refractivity contribution in [3.8, 4) is 0 Å². The molecule has 1 unspecified atom stereocenters. The highest BCUT2D eigenvalue weighted by molar-refractivity contribution is 6.01. The summed E-state index contributed by atoms with van der Waals surface area (Å²) in [6, 6.07) is 0. The van der Waals surface area contributed by atoms with Gasteiger partial charge in [-0.15, -0.1) is 0 Å². The second-order valence-corrected chi connectivity index (χ2v) is 11.0. The lowest BCUT2D eigenvalue weighted by atomic mass is 9.44. The largest absolute Gasteiger partial charge is 0.458 e. The van der Waals surface area contributed by atoms with Crippen LogP contribution in [0.5, 0.6) is 0 Å². The number of ether oxygens (including phenoxy) is 1. The van der Waals surface area contributed by atoms with Crippen LogP contribution >= 0.6 is 0 Å². The van der Waals surface area contributed by atoms with Gasteiger partial charge in [-0.05, 0) is 67.5 Å². The van der Waals surface area contributed by atoms with Crippen LogP contribution in [0.25, 0.3) is 0 Å². The molecule has 6 nitrogen and oxygen atoms in total. The minimum absolute atomic E-state index is 0.000819. The van der Waals surface area contributed by atoms with Crippen LogP contribution in [0.4, 0.5) is 0 Å². The number of aliphatic hydroxyl groups is 1. The highest BCUT2D eigenvalue weighted by Crippen LogP contribution is 2.71. The Morgan fingerprint density at radius 2 is 2.10 bits per heavy atom. The van der Waals surface area contributed by atoms with Crippen molar-refractivity contribution in [2.75, 3.05) is 19.7 Å². The van der Waals surface area contributed by atoms with Crippen LogP contribution in [-0.2, 0) is 19.1 Å². The first kappa shape index (κ1) is 21.1. The second-order valence-electron chi connectivity index (χ2n) is 11.0. The third-order valence-corrected chi connectivity index (χ3v) is 9.84. The summed E-state index contributed by atoms with van der Waals surface area (Å²) in [4.78, 5) is 36.9. The molecule has 0 spiro atoms. The SMILES string of the molecule is CC(=O)OCC(=O)[C@@]12CNC[C@@H]1C[C@H]1[C@@H]3CCC4=CC(=O)C=C[C@]4(C)[C@H]3C(O)C[C@@]12C. The van der Waals surface area contributed by atoms with Gasteiger partial charge >= 0.3 is 5.97 Å². The average Bonchev–Trinajstić information content (AvgIpc) is 3.23. The van der Waals surface area contributed by atoms with E-state index in [1.54, 1.807) is 12.2 Å². The summed E-state index contributed by atoms with van der Waals surface area (Å²) < 4.78 is 5.15. The number of ketones is 2. The first-order chi connectivity index (χ1) is 14.6. The van der Waals surface area contributed by atoms with Crippen LogP contribution in [-0.4, -0.2) is 48.4 Å². The average molecular weight is 428 g/mol. The minimum atomic E-state index is -0.603. The molecule has 1 saturated heterocycles. The van der Waals surface area contributed by atoms with Gasteiger partial charge in [0.05, 0.1) is 11.5 Å². The molecule has 0 bridgehead atoms. The number of carbonyl (C=O) groups is 3. The number of fused-ring (bicyclic) bond motifs is 7. The molecule has 4 fully saturated rings. The van der Waals surface area contributed by atoms with E-state index in [9.17, 15) is 19.5 Å². The van der Waals surface area contributed by atoms with E-state index < -0.39 is 17.5 Å². The Morgan fingerprint density at radius 1 is 1.32 bits per heavy atom. The monoisotopic (exact) mass is 427 g/mol. The van der Waals surface area contributed by atoms with Crippen molar-refractivity contribution in [3.05, 3.63) is 23.8 Å². The van der Waals surface area contributed by atoms with Crippen molar-refractivity contribution in [3.63, 3.8) is 0 Å². The molecule has 1 aliphatic heterocycles. The van der Waals surface area contributed by atoms with Crippen molar-refractivity contribution >= 4 is 17.5 Å². The number of allylic oxidation sites excluding steroid dienone is 4. The summed E-state index contributed by atoms with van der Waals surface area (Å²) in [5, 5.41) is 15.0. The lowest BCUT2D eigenvalue weighted by molar-refractivity contribution is -0.163. The standard InChI is InChI=1S/C25H33NO5/c1-14(27)31-12-21(30)25-13-26-11-16(25)9-19-18-5-4-15-8-17(28)6-7-23(15,2)22(18)20(29)10-24(19,25)3/h6-8,16,18-20,22,26,29H,4-5,9-13H2,1-3H3/t16-,18-,19-,20?,22+,23-,24-,25+/m0/s1. The number of hydrogen-bond acceptors (Lipinski definition) is 6. The van der Waals surface area contributed by atoms with E-state index in [4.69, 9.17) is 4.74 Å². The maximum atomic E-state index is 13.6. The third kappa shape index (κ3) is 2.67. The van der Waals surface area contributed by atoms with Crippen molar-refractivity contribution in [1.29, 1.82) is 0 Å². The molecule has 6 heteroatoms. The molecule has 8 atom stereocenters. The number of aliphatic hydroxyl groups excluding tert-OH is 1. The summed E-state index contributed by atoms with van der Waals surface area (Å²) in [5.74, 6) is 0.494. The maximum absolute atomic E-state index is 13.6. The number of nitrogens with one attached hydrogen (secondary N) is 1. The van der Waals surface area contributed by atoms with E-state index >= 15 is 0 Å². The zero-order valence-corrected chi connectivity index (χ0v) is 18.6. The Labute approximate surface area is 183 Å². The molecular weight excluding hydrogens is 394 g/mol. The zero-order chi connectivity index (χ0) is 22.2. The van der Waals surface area contributed by atoms with Crippen molar-refractivity contribution in [2.24, 2.45) is 39.9 Å². The number of hydrogen-bond donors (Lipinski definition) is 2. The van der Waals surface area contributed by atoms with Gasteiger partial charge in [0, 0.05) is 24.8 Å². The van der Waals surface area contributed by atoms with Gasteiger partial charge in [-0.3, -0.25) is 14.4 Å². The van der Waals surface area contributed by atoms with E-state index in [1.165, 1.54) is 6.92 Å². The quantitative estimate of drug-likeness (QED) is 0.671. The highest BCUT2D eigenvalue weighted by atomic mass is 16.5. The molecular formula is C25H33NO5. The number of esters is 1. The Kier molecular flexibility index (Phi) is 4.66. The predicted octanol–water partition coefficient (Wildman–Crippen LogP) is 2.21. The predicted molar refractivity (Wildman–Crippen MR) is 114 cm³/mol. The van der Waals surface area contributed by atoms with Gasteiger partial charge in [-0.25, -0.2) is 0 Å². The first-order valence-corrected chi connectivity index (χ1v) is 11.6. The lowest BCUT2D eigenvalue weighted by Crippen LogP contribution is -2.60. The van der Waals surface area contributed by atoms with E-state index in [1.807, 2.05) is 6.08 Å². The molecule has 0 aromatic heterocycles. The fourth-order valence-corrected chi connectivity index (χ4v) is 8.58. The number of carbonyl (C=O) groups excluding carboxylic acids is 3. The molecule has 31 heavy (non-hydrogen) atoms. The van der Waals surface area contributed by atoms with Gasteiger partial charge in [-0.1, -0.05) is 25.5 Å². The maximum Gasteiger partial charge on any atom is 0.303 e. The van der Waals surface area contributed by atoms with Gasteiger partial charge in [0.25, 0.3) is 0 Å². The van der Waals surface area contributed by atoms with Crippen LogP contribution in [0, 0.1) is 39.9 Å². The number of rotatable bonds is 3. The van der Waals surface area contributed by atoms with E-state index in [-0.39, 0.29) is 40.8 Å². The van der Waals surface area contributed by atoms with Crippen LogP contribution in [0.2, 0.25) is 0 Å². The molecule has 0 radical (unpaired) electrons. The molecule has 4 aliphatic carbocycles. The molecule has 168 valence electrons. The van der Waals surface area contributed by atoms with Gasteiger partial charge in [0.15, 0.2) is 18.2 Å². The second kappa shape index (κ2) is 6.85. The first-order valence-electron chi connectivity index (χ1n) is 11.6. The van der Waals surface area contributed by atoms with Gasteiger partial charge < -0.3 is 15.2 Å². The van der Waals surface area contributed by atoms with Crippen molar-refractivity contribution < 1.29 is 24.2 Å². The molecule has 0 aromatic rings. The summed E-state index contributed by atoms with van der Waals surface area (Å²) in [6.07, 6.45) is 8.23. The topological polar surface area (TPSA) is 92.7 Å². The smallest absolute Gasteiger partial charge is 0.303 e. The Bertz CT molecular complexity index is 908. The van der Waals surface area contributed by atoms with E-state index in [2.05, 4.69) is 19.2 Å². The van der Waals surface area contributed by atoms with Crippen LogP contribution in [0.1, 0.15) is 46.5 Å². The summed E-state index contributed by atoms with van der Waals surface area (Å²) in [7, 11) is 0. The fourth-order valence-electron chi connectivity index (χ4n) is 8.58. The van der Waals surface area contributed by atoms with Gasteiger partial charge in [0.2, 0.25) is 0 Å². The Hall–Kier alpha value is -1.79. The molecule has 0 amide bonds. The molecule has 0 aromatic carbocycles. The van der Waals surface area contributed by atoms with Gasteiger partial charge in [0.1, 0.15) is 0 Å². The van der Waals surface area contributed by atoms with Crippen molar-refractivity contribution in [1.82, 2.24) is 5.32 Å². The minimum Gasteiger partial charge on any atom is -0.458 e. The lowest BCUT2D eigenvalue weighted by Gasteiger charge is -2.60. The fraction of sp³-hybridized carbons (Fsp3) is 0.720. The van der Waals surface area contributed by atoms with Crippen LogP contribution < -0.4 is 5.32 Å². The van der Waals surface area contributed by atoms with E-state index in [0.717, 1.165) is 31.4 Å². The van der Waals surface area contributed by atoms with Crippen LogP contribution in [0.3, 0.4) is 0 Å². The van der Waals surface area contributed by atoms with Crippen LogP contribution in [0.15, 0.2) is 23.8 Å². The molecule has 3 saturated carbocycles. The van der Waals surface area contributed by atoms with Gasteiger partial charge in [-0.2, -0.15) is 0 Å². The van der Waals surface area contributed by atoms with Crippen molar-refractivity contribution in [2.45, 2.75) is 52.6 Å². The third-order valence-electron chi connectivity index (χ3n) is 9.84. The molecule has 5 rings (SSSR count). The highest BCUT2D eigenvalue weighted by Gasteiger charge is 2.72. The Balaban J connectivity index is 1.53. The normalized spacial score (nSPS) is 47.7. The zero-order valence-electron chi connectivity index (χ0n) is 18.6. The molecule has 5 aliphatic rings. The molecule has 1 heterocycles. The summed E-state index contributed by atoms with van der Waals surface area (Å²) >= 11 is 0. The Morgan fingerprint density at radius 3 is 2.84 bits per heavy atom. The van der Waals surface area contributed by atoms with E-state index in [0.29, 0.717) is 24.8 Å². The number of Topliss-reactive ketones (excluding diaryl/α,β-unsaturated/α-hetero) is 1.